The summed E-state index contributed by atoms with van der Waals surface area (Å²) < 4.78 is 11.6. The Morgan fingerprint density at radius 1 is 1.12 bits per heavy atom. The van der Waals surface area contributed by atoms with Crippen molar-refractivity contribution in [3.8, 4) is 11.5 Å². The van der Waals surface area contributed by atoms with E-state index in [4.69, 9.17) is 21.1 Å². The third-order valence-electron chi connectivity index (χ3n) is 6.04. The smallest absolute Gasteiger partial charge is 0.248 e. The topological polar surface area (TPSA) is 50.8 Å². The first-order valence-electron chi connectivity index (χ1n) is 11.8. The predicted octanol–water partition coefficient (Wildman–Crippen LogP) is 6.42. The molecule has 5 nitrogen and oxygen atoms in total. The van der Waals surface area contributed by atoms with Crippen molar-refractivity contribution in [3.63, 3.8) is 0 Å². The van der Waals surface area contributed by atoms with E-state index in [0.29, 0.717) is 40.9 Å². The van der Waals surface area contributed by atoms with Gasteiger partial charge in [-0.1, -0.05) is 43.0 Å². The highest BCUT2D eigenvalue weighted by Crippen LogP contribution is 2.31. The number of halogens is 1. The molecule has 0 heterocycles. The molecule has 0 aromatic heterocycles. The van der Waals surface area contributed by atoms with E-state index in [2.05, 4.69) is 24.1 Å². The number of hydrogen-bond acceptors (Lipinski definition) is 4. The number of amides is 1. The molecule has 0 spiro atoms. The molecule has 0 saturated heterocycles. The molecule has 6 heteroatoms. The molecule has 0 radical (unpaired) electrons. The van der Waals surface area contributed by atoms with Gasteiger partial charge in [0.25, 0.3) is 0 Å². The van der Waals surface area contributed by atoms with Crippen LogP contribution in [0.5, 0.6) is 11.5 Å². The van der Waals surface area contributed by atoms with Crippen LogP contribution in [0.4, 0.5) is 5.69 Å². The number of benzene rings is 2. The Morgan fingerprint density at radius 3 is 2.52 bits per heavy atom. The average Bonchev–Trinajstić information content (AvgIpc) is 2.82. The summed E-state index contributed by atoms with van der Waals surface area (Å²) in [6, 6.07) is 13.9. The van der Waals surface area contributed by atoms with Crippen LogP contribution in [0.3, 0.4) is 0 Å². The number of ether oxygens (including phenoxy) is 2. The summed E-state index contributed by atoms with van der Waals surface area (Å²) in [5.74, 6) is 1.06. The van der Waals surface area contributed by atoms with Crippen LogP contribution in [0, 0.1) is 0 Å². The number of hydrogen-bond donors (Lipinski definition) is 1. The maximum absolute atomic E-state index is 12.4. The Labute approximate surface area is 202 Å². The SMILES string of the molecule is COc1ccc(NC(=O)C=Cc2ccc(Cl)cc2)cc1OCCN(C(C)C)C1CCCCC1. The number of nitrogens with zero attached hydrogens (tertiary/aromatic N) is 1. The molecule has 1 N–H and O–H groups in total. The van der Waals surface area contributed by atoms with Crippen LogP contribution in [0.15, 0.2) is 48.5 Å². The molecule has 1 aliphatic rings. The molecule has 0 unspecified atom stereocenters. The van der Waals surface area contributed by atoms with Gasteiger partial charge in [-0.05, 0) is 62.6 Å². The van der Waals surface area contributed by atoms with Gasteiger partial charge in [0.05, 0.1) is 7.11 Å². The second-order valence-corrected chi connectivity index (χ2v) is 9.15. The largest absolute Gasteiger partial charge is 0.493 e. The Morgan fingerprint density at radius 2 is 1.85 bits per heavy atom. The van der Waals surface area contributed by atoms with E-state index in [1.807, 2.05) is 30.3 Å². The molecule has 1 saturated carbocycles. The zero-order valence-corrected chi connectivity index (χ0v) is 20.6. The lowest BCUT2D eigenvalue weighted by Crippen LogP contribution is -2.43. The Hall–Kier alpha value is -2.50. The van der Waals surface area contributed by atoms with Crippen molar-refractivity contribution in [1.29, 1.82) is 0 Å². The van der Waals surface area contributed by atoms with E-state index < -0.39 is 0 Å². The van der Waals surface area contributed by atoms with Crippen molar-refractivity contribution in [2.75, 3.05) is 25.6 Å². The number of carbonyl (C=O) groups excluding carboxylic acids is 1. The quantitative estimate of drug-likeness (QED) is 0.407. The van der Waals surface area contributed by atoms with Gasteiger partial charge in [0.15, 0.2) is 11.5 Å². The number of carbonyl (C=O) groups is 1. The number of nitrogens with one attached hydrogen (secondary N) is 1. The maximum atomic E-state index is 12.4. The molecule has 3 rings (SSSR count). The molecule has 1 amide bonds. The molecule has 1 fully saturated rings. The van der Waals surface area contributed by atoms with Crippen molar-refractivity contribution in [2.24, 2.45) is 0 Å². The van der Waals surface area contributed by atoms with Gasteiger partial charge in [-0.3, -0.25) is 9.69 Å². The van der Waals surface area contributed by atoms with E-state index >= 15 is 0 Å². The lowest BCUT2D eigenvalue weighted by molar-refractivity contribution is -0.111. The summed E-state index contributed by atoms with van der Waals surface area (Å²) in [6.45, 7) is 5.94. The molecule has 0 bridgehead atoms. The van der Waals surface area contributed by atoms with Crippen LogP contribution >= 0.6 is 11.6 Å². The van der Waals surface area contributed by atoms with Crippen LogP contribution in [0.1, 0.15) is 51.5 Å². The average molecular weight is 471 g/mol. The number of rotatable bonds is 10. The van der Waals surface area contributed by atoms with Crippen molar-refractivity contribution in [3.05, 3.63) is 59.1 Å². The molecular weight excluding hydrogens is 436 g/mol. The summed E-state index contributed by atoms with van der Waals surface area (Å²) in [5, 5.41) is 3.55. The molecule has 1 aliphatic carbocycles. The molecule has 2 aromatic carbocycles. The summed E-state index contributed by atoms with van der Waals surface area (Å²) in [4.78, 5) is 14.9. The Balaban J connectivity index is 1.59. The molecular formula is C27H35ClN2O3. The van der Waals surface area contributed by atoms with Gasteiger partial charge in [-0.15, -0.1) is 0 Å². The van der Waals surface area contributed by atoms with Crippen LogP contribution < -0.4 is 14.8 Å². The van der Waals surface area contributed by atoms with Crippen molar-refractivity contribution < 1.29 is 14.3 Å². The molecule has 0 atom stereocenters. The van der Waals surface area contributed by atoms with Gasteiger partial charge < -0.3 is 14.8 Å². The maximum Gasteiger partial charge on any atom is 0.248 e. The molecule has 0 aliphatic heterocycles. The van der Waals surface area contributed by atoms with E-state index in [9.17, 15) is 4.79 Å². The molecule has 178 valence electrons. The molecule has 2 aromatic rings. The first kappa shape index (κ1) is 25.1. The van der Waals surface area contributed by atoms with Gasteiger partial charge in [0.2, 0.25) is 5.91 Å². The Bertz CT molecular complexity index is 921. The van der Waals surface area contributed by atoms with Crippen molar-refractivity contribution >= 4 is 29.3 Å². The van der Waals surface area contributed by atoms with Crippen LogP contribution in [0.25, 0.3) is 6.08 Å². The molecule has 33 heavy (non-hydrogen) atoms. The van der Waals surface area contributed by atoms with Gasteiger partial charge in [-0.25, -0.2) is 0 Å². The van der Waals surface area contributed by atoms with Gasteiger partial charge in [-0.2, -0.15) is 0 Å². The zero-order chi connectivity index (χ0) is 23.6. The monoisotopic (exact) mass is 470 g/mol. The fourth-order valence-corrected chi connectivity index (χ4v) is 4.46. The highest BCUT2D eigenvalue weighted by atomic mass is 35.5. The van der Waals surface area contributed by atoms with Crippen LogP contribution in [-0.4, -0.2) is 43.2 Å². The number of anilines is 1. The summed E-state index contributed by atoms with van der Waals surface area (Å²) in [6.07, 6.45) is 9.77. The summed E-state index contributed by atoms with van der Waals surface area (Å²) in [7, 11) is 1.62. The fraction of sp³-hybridized carbons (Fsp3) is 0.444. The van der Waals surface area contributed by atoms with Gasteiger partial charge in [0.1, 0.15) is 6.61 Å². The number of methoxy groups -OCH3 is 1. The predicted molar refractivity (Wildman–Crippen MR) is 136 cm³/mol. The first-order valence-corrected chi connectivity index (χ1v) is 12.2. The third-order valence-corrected chi connectivity index (χ3v) is 6.29. The first-order chi connectivity index (χ1) is 16.0. The second-order valence-electron chi connectivity index (χ2n) is 8.71. The van der Waals surface area contributed by atoms with Crippen LogP contribution in [-0.2, 0) is 4.79 Å². The minimum Gasteiger partial charge on any atom is -0.493 e. The Kier molecular flexibility index (Phi) is 9.64. The summed E-state index contributed by atoms with van der Waals surface area (Å²) >= 11 is 5.90. The summed E-state index contributed by atoms with van der Waals surface area (Å²) in [5.41, 5.74) is 1.56. The van der Waals surface area contributed by atoms with Crippen molar-refractivity contribution in [2.45, 2.75) is 58.0 Å². The van der Waals surface area contributed by atoms with Crippen LogP contribution in [0.2, 0.25) is 5.02 Å². The fourth-order valence-electron chi connectivity index (χ4n) is 4.33. The zero-order valence-electron chi connectivity index (χ0n) is 19.9. The minimum absolute atomic E-state index is 0.218. The van der Waals surface area contributed by atoms with E-state index in [0.717, 1.165) is 12.1 Å². The lowest BCUT2D eigenvalue weighted by atomic mass is 9.93. The van der Waals surface area contributed by atoms with Crippen molar-refractivity contribution in [1.82, 2.24) is 4.90 Å². The van der Waals surface area contributed by atoms with Gasteiger partial charge in [0, 0.05) is 41.5 Å². The second kappa shape index (κ2) is 12.7. The standard InChI is InChI=1S/C27H35ClN2O3/c1-20(2)30(24-7-5-4-6-8-24)17-18-33-26-19-23(14-15-25(26)32-3)29-27(31)16-11-21-9-12-22(28)13-10-21/h9-16,19-20,24H,4-8,17-18H2,1-3H3,(H,29,31). The van der Waals surface area contributed by atoms with E-state index in [1.54, 1.807) is 25.3 Å². The lowest BCUT2D eigenvalue weighted by Gasteiger charge is -2.37. The van der Waals surface area contributed by atoms with E-state index in [-0.39, 0.29) is 5.91 Å². The highest BCUT2D eigenvalue weighted by Gasteiger charge is 2.23. The minimum atomic E-state index is -0.218. The third kappa shape index (κ3) is 7.79. The highest BCUT2D eigenvalue weighted by molar-refractivity contribution is 6.30. The van der Waals surface area contributed by atoms with Gasteiger partial charge >= 0.3 is 0 Å². The normalized spacial score (nSPS) is 14.7. The van der Waals surface area contributed by atoms with E-state index in [1.165, 1.54) is 38.2 Å².